The fourth-order valence-corrected chi connectivity index (χ4v) is 4.68. The van der Waals surface area contributed by atoms with Crippen molar-refractivity contribution < 1.29 is 0 Å². The van der Waals surface area contributed by atoms with Gasteiger partial charge >= 0.3 is 0 Å². The van der Waals surface area contributed by atoms with Gasteiger partial charge in [-0.15, -0.1) is 0 Å². The average molecular weight is 378 g/mol. The number of rotatable bonds is 11. The van der Waals surface area contributed by atoms with Gasteiger partial charge in [-0.05, 0) is 49.9 Å². The van der Waals surface area contributed by atoms with Gasteiger partial charge < -0.3 is 4.57 Å². The Morgan fingerprint density at radius 1 is 0.643 bits per heavy atom. The predicted octanol–water partition coefficient (Wildman–Crippen LogP) is 8.89. The molecule has 1 aromatic heterocycles. The Balaban J connectivity index is 2.01. The van der Waals surface area contributed by atoms with Gasteiger partial charge in [-0.1, -0.05) is 89.5 Å². The molecule has 0 N–H and O–H groups in total. The summed E-state index contributed by atoms with van der Waals surface area (Å²) in [6.45, 7) is 9.07. The highest BCUT2D eigenvalue weighted by Crippen LogP contribution is 2.36. The minimum atomic E-state index is 0.623. The fourth-order valence-electron chi connectivity index (χ4n) is 4.68. The number of aryl methyl sites for hydroxylation is 2. The van der Waals surface area contributed by atoms with E-state index in [-0.39, 0.29) is 0 Å². The standard InChI is InChI=1S/C27H39N/c1-5-7-9-11-13-23(14-12-10-8-6-2)28-26-19-21(3)15-17-24(26)25-18-16-22(4)20-27(25)28/h15-20,23H,5-14H2,1-4H3. The number of hydrogen-bond acceptors (Lipinski definition) is 0. The summed E-state index contributed by atoms with van der Waals surface area (Å²) in [5.41, 5.74) is 5.61. The van der Waals surface area contributed by atoms with Crippen LogP contribution in [0.1, 0.15) is 95.2 Å². The van der Waals surface area contributed by atoms with E-state index in [2.05, 4.69) is 68.7 Å². The maximum Gasteiger partial charge on any atom is 0.0496 e. The quantitative estimate of drug-likeness (QED) is 0.294. The molecule has 3 rings (SSSR count). The van der Waals surface area contributed by atoms with Crippen molar-refractivity contribution in [3.8, 4) is 0 Å². The molecule has 0 aliphatic carbocycles. The first-order chi connectivity index (χ1) is 13.7. The minimum absolute atomic E-state index is 0.623. The number of nitrogens with zero attached hydrogens (tertiary/aromatic N) is 1. The van der Waals surface area contributed by atoms with E-state index in [1.54, 1.807) is 0 Å². The molecule has 1 heteroatoms. The summed E-state index contributed by atoms with van der Waals surface area (Å²) >= 11 is 0. The van der Waals surface area contributed by atoms with E-state index in [9.17, 15) is 0 Å². The number of aromatic nitrogens is 1. The van der Waals surface area contributed by atoms with E-state index >= 15 is 0 Å². The van der Waals surface area contributed by atoms with Crippen LogP contribution in [0, 0.1) is 13.8 Å². The lowest BCUT2D eigenvalue weighted by molar-refractivity contribution is 0.413. The molecule has 0 amide bonds. The molecule has 0 saturated heterocycles. The second kappa shape index (κ2) is 10.1. The van der Waals surface area contributed by atoms with Gasteiger partial charge in [0.15, 0.2) is 0 Å². The summed E-state index contributed by atoms with van der Waals surface area (Å²) in [7, 11) is 0. The zero-order chi connectivity index (χ0) is 19.9. The molecule has 0 radical (unpaired) electrons. The third-order valence-electron chi connectivity index (χ3n) is 6.26. The Hall–Kier alpha value is -1.76. The van der Waals surface area contributed by atoms with Crippen LogP contribution >= 0.6 is 0 Å². The fraction of sp³-hybridized carbons (Fsp3) is 0.556. The van der Waals surface area contributed by atoms with Crippen molar-refractivity contribution in [2.24, 2.45) is 0 Å². The first kappa shape index (κ1) is 21.0. The molecular formula is C27H39N. The molecule has 0 bridgehead atoms. The maximum absolute atomic E-state index is 2.71. The molecule has 0 aliphatic rings. The van der Waals surface area contributed by atoms with Gasteiger partial charge in [-0.25, -0.2) is 0 Å². The molecule has 152 valence electrons. The van der Waals surface area contributed by atoms with Crippen molar-refractivity contribution in [2.45, 2.75) is 97.9 Å². The smallest absolute Gasteiger partial charge is 0.0496 e. The van der Waals surface area contributed by atoms with Gasteiger partial charge in [0.1, 0.15) is 0 Å². The Morgan fingerprint density at radius 2 is 1.11 bits per heavy atom. The van der Waals surface area contributed by atoms with Crippen LogP contribution in [0.3, 0.4) is 0 Å². The lowest BCUT2D eigenvalue weighted by atomic mass is 10.00. The van der Waals surface area contributed by atoms with E-state index in [1.165, 1.54) is 97.1 Å². The van der Waals surface area contributed by atoms with Crippen LogP contribution in [0.5, 0.6) is 0 Å². The number of fused-ring (bicyclic) bond motifs is 3. The second-order valence-corrected chi connectivity index (χ2v) is 8.76. The highest BCUT2D eigenvalue weighted by Gasteiger charge is 2.18. The molecule has 0 saturated carbocycles. The van der Waals surface area contributed by atoms with E-state index in [0.717, 1.165) is 0 Å². The third-order valence-corrected chi connectivity index (χ3v) is 6.26. The molecule has 2 aromatic carbocycles. The predicted molar refractivity (Wildman–Crippen MR) is 125 cm³/mol. The first-order valence-electron chi connectivity index (χ1n) is 11.7. The lowest BCUT2D eigenvalue weighted by Crippen LogP contribution is -2.09. The highest BCUT2D eigenvalue weighted by atomic mass is 15.0. The van der Waals surface area contributed by atoms with Crippen molar-refractivity contribution in [3.05, 3.63) is 47.5 Å². The van der Waals surface area contributed by atoms with Crippen molar-refractivity contribution in [3.63, 3.8) is 0 Å². The molecule has 0 spiro atoms. The van der Waals surface area contributed by atoms with Crippen LogP contribution in [-0.4, -0.2) is 4.57 Å². The van der Waals surface area contributed by atoms with Gasteiger partial charge in [-0.2, -0.15) is 0 Å². The normalized spacial score (nSPS) is 11.9. The maximum atomic E-state index is 2.71. The summed E-state index contributed by atoms with van der Waals surface area (Å²) in [6, 6.07) is 14.7. The molecule has 3 aromatic rings. The second-order valence-electron chi connectivity index (χ2n) is 8.76. The summed E-state index contributed by atoms with van der Waals surface area (Å²) < 4.78 is 2.71. The topological polar surface area (TPSA) is 4.93 Å². The van der Waals surface area contributed by atoms with E-state index in [4.69, 9.17) is 0 Å². The first-order valence-corrected chi connectivity index (χ1v) is 11.7. The molecule has 28 heavy (non-hydrogen) atoms. The SMILES string of the molecule is CCCCCCC(CCCCCC)n1c2cc(C)ccc2c2ccc(C)cc21. The molecule has 0 aliphatic heterocycles. The molecule has 0 atom stereocenters. The van der Waals surface area contributed by atoms with Crippen LogP contribution in [0.15, 0.2) is 36.4 Å². The largest absolute Gasteiger partial charge is 0.337 e. The van der Waals surface area contributed by atoms with E-state index < -0.39 is 0 Å². The molecule has 1 heterocycles. The Morgan fingerprint density at radius 3 is 1.54 bits per heavy atom. The van der Waals surface area contributed by atoms with Gasteiger partial charge in [0, 0.05) is 27.8 Å². The van der Waals surface area contributed by atoms with Crippen LogP contribution in [0.2, 0.25) is 0 Å². The van der Waals surface area contributed by atoms with E-state index in [1.807, 2.05) is 0 Å². The van der Waals surface area contributed by atoms with Crippen LogP contribution in [-0.2, 0) is 0 Å². The molecule has 1 nitrogen and oxygen atoms in total. The zero-order valence-corrected chi connectivity index (χ0v) is 18.6. The van der Waals surface area contributed by atoms with Crippen molar-refractivity contribution >= 4 is 21.8 Å². The Labute approximate surface area is 172 Å². The van der Waals surface area contributed by atoms with Crippen LogP contribution < -0.4 is 0 Å². The Kier molecular flexibility index (Phi) is 7.59. The monoisotopic (exact) mass is 377 g/mol. The highest BCUT2D eigenvalue weighted by molar-refractivity contribution is 6.08. The van der Waals surface area contributed by atoms with Gasteiger partial charge in [-0.3, -0.25) is 0 Å². The van der Waals surface area contributed by atoms with Gasteiger partial charge in [0.2, 0.25) is 0 Å². The average Bonchev–Trinajstić information content (AvgIpc) is 2.99. The van der Waals surface area contributed by atoms with Gasteiger partial charge in [0.05, 0.1) is 0 Å². The minimum Gasteiger partial charge on any atom is -0.337 e. The number of benzene rings is 2. The third kappa shape index (κ3) is 4.80. The lowest BCUT2D eigenvalue weighted by Gasteiger charge is -2.22. The molecular weight excluding hydrogens is 338 g/mol. The summed E-state index contributed by atoms with van der Waals surface area (Å²) in [4.78, 5) is 0. The Bertz CT molecular complexity index is 815. The summed E-state index contributed by atoms with van der Waals surface area (Å²) in [5, 5.41) is 2.85. The number of hydrogen-bond donors (Lipinski definition) is 0. The summed E-state index contributed by atoms with van der Waals surface area (Å²) in [6.07, 6.45) is 13.4. The van der Waals surface area contributed by atoms with E-state index in [0.29, 0.717) is 6.04 Å². The van der Waals surface area contributed by atoms with Crippen molar-refractivity contribution in [1.29, 1.82) is 0 Å². The van der Waals surface area contributed by atoms with Gasteiger partial charge in [0.25, 0.3) is 0 Å². The number of unbranched alkanes of at least 4 members (excludes halogenated alkanes) is 6. The van der Waals surface area contributed by atoms with Crippen LogP contribution in [0.4, 0.5) is 0 Å². The molecule has 0 fully saturated rings. The zero-order valence-electron chi connectivity index (χ0n) is 18.6. The van der Waals surface area contributed by atoms with Crippen molar-refractivity contribution in [2.75, 3.05) is 0 Å². The van der Waals surface area contributed by atoms with Crippen LogP contribution in [0.25, 0.3) is 21.8 Å². The van der Waals surface area contributed by atoms with Crippen molar-refractivity contribution in [1.82, 2.24) is 4.57 Å². The summed E-state index contributed by atoms with van der Waals surface area (Å²) in [5.74, 6) is 0. The molecule has 0 unspecified atom stereocenters.